The van der Waals surface area contributed by atoms with Crippen LogP contribution in [-0.2, 0) is 5.41 Å². The fourth-order valence-electron chi connectivity index (χ4n) is 3.22. The standard InChI is InChI=1S/C19H34N2/c1-5-8-10-12-14-19(4,15-13-11-9-6-2)17-16-20-21-18(17)7-3/h7,16H,3,5-6,8-15H2,1-2,4H3,(H,20,21). The van der Waals surface area contributed by atoms with Gasteiger partial charge in [-0.15, -0.1) is 0 Å². The van der Waals surface area contributed by atoms with E-state index in [2.05, 4.69) is 43.7 Å². The molecule has 1 aromatic rings. The highest BCUT2D eigenvalue weighted by Crippen LogP contribution is 2.37. The average Bonchev–Trinajstić information content (AvgIpc) is 2.97. The highest BCUT2D eigenvalue weighted by molar-refractivity contribution is 5.48. The first-order valence-electron chi connectivity index (χ1n) is 8.84. The van der Waals surface area contributed by atoms with Crippen molar-refractivity contribution in [1.29, 1.82) is 0 Å². The van der Waals surface area contributed by atoms with Gasteiger partial charge >= 0.3 is 0 Å². The molecule has 0 fully saturated rings. The molecule has 1 heterocycles. The summed E-state index contributed by atoms with van der Waals surface area (Å²) in [5.74, 6) is 0. The van der Waals surface area contributed by atoms with Crippen LogP contribution in [0.5, 0.6) is 0 Å². The Kier molecular flexibility index (Phi) is 8.41. The molecule has 120 valence electrons. The third-order valence-corrected chi connectivity index (χ3v) is 4.68. The summed E-state index contributed by atoms with van der Waals surface area (Å²) in [6.45, 7) is 10.9. The summed E-state index contributed by atoms with van der Waals surface area (Å²) < 4.78 is 0. The van der Waals surface area contributed by atoms with Crippen LogP contribution in [0.15, 0.2) is 12.8 Å². The normalized spacial score (nSPS) is 11.8. The molecule has 0 amide bonds. The molecule has 0 saturated carbocycles. The van der Waals surface area contributed by atoms with Gasteiger partial charge < -0.3 is 0 Å². The van der Waals surface area contributed by atoms with Crippen molar-refractivity contribution in [2.45, 2.75) is 90.4 Å². The van der Waals surface area contributed by atoms with Crippen LogP contribution in [0.2, 0.25) is 0 Å². The summed E-state index contributed by atoms with van der Waals surface area (Å²) in [6, 6.07) is 0. The molecule has 0 saturated heterocycles. The molecule has 0 bridgehead atoms. The molecule has 0 aliphatic rings. The van der Waals surface area contributed by atoms with Gasteiger partial charge in [-0.05, 0) is 24.3 Å². The number of hydrogen-bond donors (Lipinski definition) is 1. The van der Waals surface area contributed by atoms with Crippen LogP contribution < -0.4 is 0 Å². The van der Waals surface area contributed by atoms with E-state index in [0.717, 1.165) is 5.69 Å². The quantitative estimate of drug-likeness (QED) is 0.453. The zero-order valence-corrected chi connectivity index (χ0v) is 14.4. The van der Waals surface area contributed by atoms with E-state index in [4.69, 9.17) is 0 Å². The van der Waals surface area contributed by atoms with Crippen LogP contribution in [0, 0.1) is 0 Å². The summed E-state index contributed by atoms with van der Waals surface area (Å²) in [5, 5.41) is 7.38. The number of nitrogens with one attached hydrogen (secondary N) is 1. The van der Waals surface area contributed by atoms with Gasteiger partial charge in [-0.25, -0.2) is 0 Å². The monoisotopic (exact) mass is 290 g/mol. The minimum absolute atomic E-state index is 0.248. The smallest absolute Gasteiger partial charge is 0.0880 e. The Labute approximate surface area is 131 Å². The number of aromatic nitrogens is 2. The Hall–Kier alpha value is -1.05. The number of aromatic amines is 1. The Balaban J connectivity index is 2.70. The number of rotatable bonds is 12. The largest absolute Gasteiger partial charge is 0.285 e. The van der Waals surface area contributed by atoms with Gasteiger partial charge in [0, 0.05) is 11.8 Å². The van der Waals surface area contributed by atoms with Crippen LogP contribution >= 0.6 is 0 Å². The maximum atomic E-state index is 4.35. The van der Waals surface area contributed by atoms with Gasteiger partial charge in [-0.2, -0.15) is 5.10 Å². The Bertz CT molecular complexity index is 380. The van der Waals surface area contributed by atoms with Crippen LogP contribution in [-0.4, -0.2) is 10.2 Å². The van der Waals surface area contributed by atoms with Gasteiger partial charge in [0.2, 0.25) is 0 Å². The first-order chi connectivity index (χ1) is 10.2. The van der Waals surface area contributed by atoms with Gasteiger partial charge in [0.15, 0.2) is 0 Å². The predicted molar refractivity (Wildman–Crippen MR) is 93.5 cm³/mol. The second-order valence-electron chi connectivity index (χ2n) is 6.57. The molecule has 0 spiro atoms. The predicted octanol–water partition coefficient (Wildman–Crippen LogP) is 6.25. The zero-order chi connectivity index (χ0) is 15.6. The van der Waals surface area contributed by atoms with Crippen molar-refractivity contribution in [3.63, 3.8) is 0 Å². The number of nitrogens with zero attached hydrogens (tertiary/aromatic N) is 1. The molecule has 0 aliphatic carbocycles. The van der Waals surface area contributed by atoms with Crippen molar-refractivity contribution in [2.75, 3.05) is 0 Å². The summed E-state index contributed by atoms with van der Waals surface area (Å²) in [4.78, 5) is 0. The van der Waals surface area contributed by atoms with Gasteiger partial charge in [0.25, 0.3) is 0 Å². The number of unbranched alkanes of at least 4 members (excludes halogenated alkanes) is 6. The average molecular weight is 290 g/mol. The summed E-state index contributed by atoms with van der Waals surface area (Å²) in [7, 11) is 0. The summed E-state index contributed by atoms with van der Waals surface area (Å²) >= 11 is 0. The third-order valence-electron chi connectivity index (χ3n) is 4.68. The molecule has 0 unspecified atom stereocenters. The molecule has 1 N–H and O–H groups in total. The SMILES string of the molecule is C=Cc1n[nH]cc1C(C)(CCCCCC)CCCCCC. The third kappa shape index (κ3) is 5.68. The maximum Gasteiger partial charge on any atom is 0.0880 e. The van der Waals surface area contributed by atoms with Crippen molar-refractivity contribution < 1.29 is 0 Å². The molecule has 21 heavy (non-hydrogen) atoms. The first kappa shape index (κ1) is 18.0. The lowest BCUT2D eigenvalue weighted by molar-refractivity contribution is 0.364. The molecule has 0 radical (unpaired) electrons. The zero-order valence-electron chi connectivity index (χ0n) is 14.4. The highest BCUT2D eigenvalue weighted by Gasteiger charge is 2.28. The molecule has 2 nitrogen and oxygen atoms in total. The lowest BCUT2D eigenvalue weighted by Crippen LogP contribution is -2.22. The number of hydrogen-bond acceptors (Lipinski definition) is 1. The highest BCUT2D eigenvalue weighted by atomic mass is 15.1. The van der Waals surface area contributed by atoms with E-state index < -0.39 is 0 Å². The van der Waals surface area contributed by atoms with E-state index in [1.54, 1.807) is 0 Å². The van der Waals surface area contributed by atoms with Crippen molar-refractivity contribution in [2.24, 2.45) is 0 Å². The molecule has 0 atom stereocenters. The second kappa shape index (κ2) is 9.81. The van der Waals surface area contributed by atoms with E-state index in [0.29, 0.717) is 0 Å². The van der Waals surface area contributed by atoms with E-state index in [1.807, 2.05) is 6.08 Å². The van der Waals surface area contributed by atoms with E-state index >= 15 is 0 Å². The fraction of sp³-hybridized carbons (Fsp3) is 0.737. The summed E-state index contributed by atoms with van der Waals surface area (Å²) in [5.41, 5.74) is 2.66. The number of H-pyrrole nitrogens is 1. The van der Waals surface area contributed by atoms with Crippen molar-refractivity contribution in [3.8, 4) is 0 Å². The minimum Gasteiger partial charge on any atom is -0.285 e. The van der Waals surface area contributed by atoms with E-state index in [1.165, 1.54) is 69.8 Å². The Morgan fingerprint density at radius 3 is 2.10 bits per heavy atom. The topological polar surface area (TPSA) is 28.7 Å². The molecule has 0 aromatic carbocycles. The van der Waals surface area contributed by atoms with Crippen LogP contribution in [0.1, 0.15) is 96.2 Å². The fourth-order valence-corrected chi connectivity index (χ4v) is 3.22. The van der Waals surface area contributed by atoms with Crippen molar-refractivity contribution >= 4 is 6.08 Å². The van der Waals surface area contributed by atoms with Gasteiger partial charge in [0.1, 0.15) is 0 Å². The Morgan fingerprint density at radius 1 is 1.05 bits per heavy atom. The molecule has 1 aromatic heterocycles. The Morgan fingerprint density at radius 2 is 1.62 bits per heavy atom. The maximum absolute atomic E-state index is 4.35. The molecule has 0 aliphatic heterocycles. The molecule has 2 heteroatoms. The summed E-state index contributed by atoms with van der Waals surface area (Å²) in [6.07, 6.45) is 17.2. The molecular formula is C19H34N2. The van der Waals surface area contributed by atoms with E-state index in [9.17, 15) is 0 Å². The lowest BCUT2D eigenvalue weighted by atomic mass is 9.74. The molecular weight excluding hydrogens is 256 g/mol. The van der Waals surface area contributed by atoms with Crippen LogP contribution in [0.4, 0.5) is 0 Å². The van der Waals surface area contributed by atoms with E-state index in [-0.39, 0.29) is 5.41 Å². The van der Waals surface area contributed by atoms with Gasteiger partial charge in [-0.1, -0.05) is 78.7 Å². The molecule has 1 rings (SSSR count). The van der Waals surface area contributed by atoms with Crippen LogP contribution in [0.25, 0.3) is 6.08 Å². The first-order valence-corrected chi connectivity index (χ1v) is 8.84. The minimum atomic E-state index is 0.248. The van der Waals surface area contributed by atoms with Gasteiger partial charge in [-0.3, -0.25) is 5.10 Å². The van der Waals surface area contributed by atoms with Gasteiger partial charge in [0.05, 0.1) is 5.69 Å². The lowest BCUT2D eigenvalue weighted by Gasteiger charge is -2.30. The van der Waals surface area contributed by atoms with Crippen LogP contribution in [0.3, 0.4) is 0 Å². The second-order valence-corrected chi connectivity index (χ2v) is 6.57. The van der Waals surface area contributed by atoms with Crippen molar-refractivity contribution in [1.82, 2.24) is 10.2 Å². The van der Waals surface area contributed by atoms with Crippen molar-refractivity contribution in [3.05, 3.63) is 24.0 Å².